The number of rotatable bonds is 8. The summed E-state index contributed by atoms with van der Waals surface area (Å²) in [6.07, 6.45) is -0.00871. The Morgan fingerprint density at radius 2 is 1.91 bits per heavy atom. The molecule has 0 aromatic heterocycles. The number of nitrogens with one attached hydrogen (secondary N) is 1. The Kier molecular flexibility index (Phi) is 9.17. The van der Waals surface area contributed by atoms with Crippen LogP contribution in [0.2, 0.25) is 5.02 Å². The van der Waals surface area contributed by atoms with E-state index in [9.17, 15) is 18.8 Å². The third kappa shape index (κ3) is 7.46. The van der Waals surface area contributed by atoms with Gasteiger partial charge in [0, 0.05) is 23.8 Å². The molecule has 0 atom stereocenters. The number of nitrogens with zero attached hydrogens (tertiary/aromatic N) is 3. The van der Waals surface area contributed by atoms with Crippen LogP contribution in [0.1, 0.15) is 19.4 Å². The van der Waals surface area contributed by atoms with Crippen LogP contribution in [0.25, 0.3) is 0 Å². The monoisotopic (exact) mass is 477 g/mol. The Hall–Kier alpha value is -3.66. The lowest BCUT2D eigenvalue weighted by atomic mass is 10.2. The van der Waals surface area contributed by atoms with Crippen LogP contribution in [0.3, 0.4) is 0 Å². The van der Waals surface area contributed by atoms with Crippen LogP contribution >= 0.6 is 11.6 Å². The Bertz CT molecular complexity index is 1030. The number of carbonyl (C=O) groups is 3. The third-order valence-corrected chi connectivity index (χ3v) is 4.45. The number of hydrogen-bond acceptors (Lipinski definition) is 5. The number of halogens is 2. The highest BCUT2D eigenvalue weighted by atomic mass is 35.5. The minimum absolute atomic E-state index is 0.00296. The van der Waals surface area contributed by atoms with E-state index in [1.165, 1.54) is 19.2 Å². The number of carbonyl (C=O) groups excluding carboxylic acids is 3. The van der Waals surface area contributed by atoms with Gasteiger partial charge in [-0.25, -0.2) is 9.18 Å². The molecule has 176 valence electrons. The van der Waals surface area contributed by atoms with Crippen LogP contribution in [-0.4, -0.2) is 53.8 Å². The van der Waals surface area contributed by atoms with Crippen molar-refractivity contribution in [3.8, 4) is 5.75 Å². The van der Waals surface area contributed by atoms with Crippen molar-refractivity contribution in [2.45, 2.75) is 26.5 Å². The number of aliphatic imine (C=N–C) groups is 1. The van der Waals surface area contributed by atoms with Gasteiger partial charge in [0.05, 0.1) is 12.6 Å². The molecular weight excluding hydrogens is 453 g/mol. The maximum absolute atomic E-state index is 14.4. The first-order valence-corrected chi connectivity index (χ1v) is 10.3. The molecule has 9 nitrogen and oxygen atoms in total. The van der Waals surface area contributed by atoms with Gasteiger partial charge in [0.1, 0.15) is 6.54 Å². The Morgan fingerprint density at radius 3 is 2.42 bits per heavy atom. The summed E-state index contributed by atoms with van der Waals surface area (Å²) in [4.78, 5) is 41.7. The van der Waals surface area contributed by atoms with Crippen LogP contribution in [0, 0.1) is 5.82 Å². The highest BCUT2D eigenvalue weighted by Crippen LogP contribution is 2.23. The van der Waals surface area contributed by atoms with Gasteiger partial charge in [-0.3, -0.25) is 24.4 Å². The number of amides is 4. The lowest BCUT2D eigenvalue weighted by Crippen LogP contribution is -2.49. The number of guanidine groups is 1. The summed E-state index contributed by atoms with van der Waals surface area (Å²) in [6, 6.07) is 9.99. The van der Waals surface area contributed by atoms with Gasteiger partial charge >= 0.3 is 6.03 Å². The van der Waals surface area contributed by atoms with E-state index >= 15 is 0 Å². The summed E-state index contributed by atoms with van der Waals surface area (Å²) in [5.74, 6) is -1.40. The van der Waals surface area contributed by atoms with Gasteiger partial charge < -0.3 is 15.8 Å². The molecule has 2 aromatic carbocycles. The highest BCUT2D eigenvalue weighted by molar-refractivity contribution is 6.30. The summed E-state index contributed by atoms with van der Waals surface area (Å²) in [5.41, 5.74) is 6.09. The summed E-state index contributed by atoms with van der Waals surface area (Å²) >= 11 is 5.93. The number of anilines is 1. The van der Waals surface area contributed by atoms with Gasteiger partial charge in [0.25, 0.3) is 0 Å². The topological polar surface area (TPSA) is 117 Å². The van der Waals surface area contributed by atoms with E-state index < -0.39 is 24.3 Å². The van der Waals surface area contributed by atoms with Crippen molar-refractivity contribution < 1.29 is 23.5 Å². The number of nitrogens with two attached hydrogens (primary N) is 1. The molecule has 0 saturated heterocycles. The Balaban J connectivity index is 2.37. The van der Waals surface area contributed by atoms with E-state index in [2.05, 4.69) is 10.3 Å². The maximum atomic E-state index is 14.4. The molecule has 0 radical (unpaired) electrons. The van der Waals surface area contributed by atoms with Gasteiger partial charge in [-0.05, 0) is 43.7 Å². The predicted molar refractivity (Wildman–Crippen MR) is 124 cm³/mol. The minimum atomic E-state index is -0.868. The van der Waals surface area contributed by atoms with Crippen LogP contribution < -0.4 is 15.8 Å². The summed E-state index contributed by atoms with van der Waals surface area (Å²) < 4.78 is 19.8. The molecule has 0 saturated carbocycles. The molecular formula is C22H25ClFN5O4. The first-order chi connectivity index (χ1) is 15.6. The molecule has 2 aromatic rings. The zero-order valence-electron chi connectivity index (χ0n) is 18.4. The number of primary amides is 1. The van der Waals surface area contributed by atoms with Gasteiger partial charge in [-0.1, -0.05) is 23.7 Å². The number of ether oxygens (including phenoxy) is 1. The molecule has 0 unspecified atom stereocenters. The fourth-order valence-electron chi connectivity index (χ4n) is 2.78. The molecule has 11 heteroatoms. The summed E-state index contributed by atoms with van der Waals surface area (Å²) in [5, 5.41) is 3.37. The zero-order valence-corrected chi connectivity index (χ0v) is 19.2. The SMILES string of the molecule is CN=C(Nc1ccc(OC(C)C)c(F)c1)N(Cc1ccc(Cl)cc1)C(=O)N(C=O)CC(N)=O. The first-order valence-electron chi connectivity index (χ1n) is 9.90. The number of urea groups is 1. The summed E-state index contributed by atoms with van der Waals surface area (Å²) in [7, 11) is 1.41. The second-order valence-corrected chi connectivity index (χ2v) is 7.62. The van der Waals surface area contributed by atoms with Crippen molar-refractivity contribution in [1.82, 2.24) is 9.80 Å². The van der Waals surface area contributed by atoms with Crippen molar-refractivity contribution in [3.63, 3.8) is 0 Å². The molecule has 0 spiro atoms. The van der Waals surface area contributed by atoms with Crippen molar-refractivity contribution in [3.05, 3.63) is 58.9 Å². The average molecular weight is 478 g/mol. The van der Waals surface area contributed by atoms with E-state index in [1.807, 2.05) is 0 Å². The normalized spacial score (nSPS) is 11.2. The maximum Gasteiger partial charge on any atom is 0.334 e. The van der Waals surface area contributed by atoms with E-state index in [4.69, 9.17) is 22.1 Å². The largest absolute Gasteiger partial charge is 0.488 e. The lowest BCUT2D eigenvalue weighted by Gasteiger charge is -2.28. The van der Waals surface area contributed by atoms with Crippen LogP contribution in [0.5, 0.6) is 5.75 Å². The van der Waals surface area contributed by atoms with Gasteiger partial charge in [-0.2, -0.15) is 0 Å². The van der Waals surface area contributed by atoms with Gasteiger partial charge in [0.15, 0.2) is 11.6 Å². The molecule has 0 aliphatic carbocycles. The first kappa shape index (κ1) is 25.6. The molecule has 0 bridgehead atoms. The fraction of sp³-hybridized carbons (Fsp3) is 0.273. The smallest absolute Gasteiger partial charge is 0.334 e. The summed E-state index contributed by atoms with van der Waals surface area (Å²) in [6.45, 7) is 2.90. The van der Waals surface area contributed by atoms with E-state index in [-0.39, 0.29) is 36.5 Å². The molecule has 0 aliphatic rings. The predicted octanol–water partition coefficient (Wildman–Crippen LogP) is 3.23. The van der Waals surface area contributed by atoms with Gasteiger partial charge in [-0.15, -0.1) is 0 Å². The lowest BCUT2D eigenvalue weighted by molar-refractivity contribution is -0.124. The van der Waals surface area contributed by atoms with Crippen molar-refractivity contribution in [2.24, 2.45) is 10.7 Å². The van der Waals surface area contributed by atoms with Crippen LogP contribution in [0.15, 0.2) is 47.5 Å². The Labute approximate surface area is 196 Å². The van der Waals surface area contributed by atoms with Crippen LogP contribution in [-0.2, 0) is 16.1 Å². The van der Waals surface area contributed by atoms with Crippen molar-refractivity contribution in [1.29, 1.82) is 0 Å². The van der Waals surface area contributed by atoms with Gasteiger partial charge in [0.2, 0.25) is 18.3 Å². The van der Waals surface area contributed by atoms with Crippen molar-refractivity contribution >= 4 is 41.6 Å². The Morgan fingerprint density at radius 1 is 1.24 bits per heavy atom. The molecule has 0 aliphatic heterocycles. The zero-order chi connectivity index (χ0) is 24.5. The minimum Gasteiger partial charge on any atom is -0.488 e. The molecule has 33 heavy (non-hydrogen) atoms. The molecule has 4 amide bonds. The quantitative estimate of drug-likeness (QED) is 0.344. The highest BCUT2D eigenvalue weighted by Gasteiger charge is 2.26. The second-order valence-electron chi connectivity index (χ2n) is 7.18. The number of benzene rings is 2. The molecule has 0 heterocycles. The number of imide groups is 1. The molecule has 2 rings (SSSR count). The second kappa shape index (κ2) is 11.8. The third-order valence-electron chi connectivity index (χ3n) is 4.20. The van der Waals surface area contributed by atoms with Crippen molar-refractivity contribution in [2.75, 3.05) is 18.9 Å². The average Bonchev–Trinajstić information content (AvgIpc) is 2.76. The van der Waals surface area contributed by atoms with E-state index in [1.54, 1.807) is 44.2 Å². The molecule has 3 N–H and O–H groups in total. The van der Waals surface area contributed by atoms with E-state index in [0.717, 1.165) is 4.90 Å². The van der Waals surface area contributed by atoms with Crippen LogP contribution in [0.4, 0.5) is 14.9 Å². The fourth-order valence-corrected chi connectivity index (χ4v) is 2.91. The standard InChI is InChI=1S/C22H25ClFN5O4/c1-14(2)33-19-9-8-17(10-18(19)24)27-21(26-3)29(11-15-4-6-16(23)7-5-15)22(32)28(13-30)12-20(25)31/h4-10,13-14H,11-12H2,1-3H3,(H2,25,31)(H,26,27). The van der Waals surface area contributed by atoms with E-state index in [0.29, 0.717) is 15.5 Å². The molecule has 0 fully saturated rings. The number of hydrogen-bond donors (Lipinski definition) is 2.